The number of rotatable bonds is 5. The molecule has 1 saturated heterocycles. The van der Waals surface area contributed by atoms with Crippen molar-refractivity contribution in [2.24, 2.45) is 0 Å². The minimum Gasteiger partial charge on any atom is -0.341 e. The molecule has 6 heteroatoms. The topological polar surface area (TPSA) is 66.5 Å². The molecule has 0 bridgehead atoms. The number of carbonyl (C=O) groups excluding carboxylic acids is 1. The average Bonchev–Trinajstić information content (AvgIpc) is 2.78. The Morgan fingerprint density at radius 3 is 2.31 bits per heavy atom. The molecule has 0 saturated carbocycles. The van der Waals surface area contributed by atoms with E-state index < -0.39 is 10.0 Å². The van der Waals surface area contributed by atoms with Gasteiger partial charge in [-0.2, -0.15) is 0 Å². The molecule has 0 aliphatic carbocycles. The lowest BCUT2D eigenvalue weighted by atomic mass is 9.93. The molecule has 0 spiro atoms. The van der Waals surface area contributed by atoms with E-state index in [0.717, 1.165) is 23.1 Å². The molecule has 1 N–H and O–H groups in total. The van der Waals surface area contributed by atoms with E-state index in [1.165, 1.54) is 9.87 Å². The smallest absolute Gasteiger partial charge is 0.252 e. The third-order valence-electron chi connectivity index (χ3n) is 5.91. The number of anilines is 1. The highest BCUT2D eigenvalue weighted by Gasteiger charge is 2.26. The van der Waals surface area contributed by atoms with E-state index in [1.54, 1.807) is 24.3 Å². The van der Waals surface area contributed by atoms with Crippen molar-refractivity contribution in [3.8, 4) is 0 Å². The van der Waals surface area contributed by atoms with Gasteiger partial charge in [-0.15, -0.1) is 0 Å². The standard InChI is InChI=1S/C26H28N2O3S/c1-19-10-15-24(20(2)18-19)25(21-8-4-3-5-9-21)27-26(29)22-11-13-23(14-12-22)28-16-6-7-17-32(28,30)31/h3-5,8-15,18,25H,6-7,16-17H2,1-2H3,(H,27,29). The molecule has 0 radical (unpaired) electrons. The quantitative estimate of drug-likeness (QED) is 0.612. The number of nitrogens with one attached hydrogen (secondary N) is 1. The molecule has 1 atom stereocenters. The Hall–Kier alpha value is -3.12. The van der Waals surface area contributed by atoms with Crippen LogP contribution in [0, 0.1) is 13.8 Å². The molecule has 1 aliphatic heterocycles. The van der Waals surface area contributed by atoms with E-state index in [1.807, 2.05) is 30.3 Å². The number of nitrogens with zero attached hydrogens (tertiary/aromatic N) is 1. The normalized spacial score (nSPS) is 16.4. The van der Waals surface area contributed by atoms with Gasteiger partial charge in [0.2, 0.25) is 10.0 Å². The lowest BCUT2D eigenvalue weighted by Crippen LogP contribution is -2.37. The van der Waals surface area contributed by atoms with Crippen LogP contribution in [0.3, 0.4) is 0 Å². The van der Waals surface area contributed by atoms with E-state index in [2.05, 4.69) is 37.4 Å². The molecule has 0 aromatic heterocycles. The summed E-state index contributed by atoms with van der Waals surface area (Å²) in [6.07, 6.45) is 1.54. The van der Waals surface area contributed by atoms with Crippen LogP contribution in [0.5, 0.6) is 0 Å². The molecule has 166 valence electrons. The monoisotopic (exact) mass is 448 g/mol. The second-order valence-corrected chi connectivity index (χ2v) is 10.3. The molecule has 3 aromatic carbocycles. The molecule has 3 aromatic rings. The van der Waals surface area contributed by atoms with Crippen LogP contribution in [0.4, 0.5) is 5.69 Å². The Kier molecular flexibility index (Phi) is 6.33. The van der Waals surface area contributed by atoms with Gasteiger partial charge in [0, 0.05) is 12.1 Å². The van der Waals surface area contributed by atoms with Crippen LogP contribution in [0.15, 0.2) is 72.8 Å². The lowest BCUT2D eigenvalue weighted by Gasteiger charge is -2.28. The van der Waals surface area contributed by atoms with Crippen LogP contribution < -0.4 is 9.62 Å². The molecule has 32 heavy (non-hydrogen) atoms. The molecule has 1 fully saturated rings. The van der Waals surface area contributed by atoms with Crippen molar-refractivity contribution in [1.29, 1.82) is 0 Å². The zero-order valence-corrected chi connectivity index (χ0v) is 19.2. The van der Waals surface area contributed by atoms with Gasteiger partial charge >= 0.3 is 0 Å². The Bertz CT molecular complexity index is 1210. The molecule has 5 nitrogen and oxygen atoms in total. The molecule has 4 rings (SSSR count). The average molecular weight is 449 g/mol. The van der Waals surface area contributed by atoms with E-state index >= 15 is 0 Å². The first kappa shape index (κ1) is 22.1. The van der Waals surface area contributed by atoms with E-state index in [0.29, 0.717) is 24.2 Å². The molecule has 1 aliphatic rings. The van der Waals surface area contributed by atoms with Gasteiger partial charge in [-0.25, -0.2) is 8.42 Å². The van der Waals surface area contributed by atoms with Crippen LogP contribution in [0.25, 0.3) is 0 Å². The fourth-order valence-corrected chi connectivity index (χ4v) is 5.85. The van der Waals surface area contributed by atoms with Crippen molar-refractivity contribution in [2.45, 2.75) is 32.7 Å². The summed E-state index contributed by atoms with van der Waals surface area (Å²) in [5, 5.41) is 3.17. The number of benzene rings is 3. The Morgan fingerprint density at radius 1 is 0.938 bits per heavy atom. The maximum absolute atomic E-state index is 13.2. The summed E-state index contributed by atoms with van der Waals surface area (Å²) in [5.74, 6) is -0.0314. The summed E-state index contributed by atoms with van der Waals surface area (Å²) in [7, 11) is -3.28. The summed E-state index contributed by atoms with van der Waals surface area (Å²) >= 11 is 0. The summed E-state index contributed by atoms with van der Waals surface area (Å²) in [6.45, 7) is 4.59. The van der Waals surface area contributed by atoms with Gasteiger partial charge < -0.3 is 5.32 Å². The highest BCUT2D eigenvalue weighted by Crippen LogP contribution is 2.27. The maximum atomic E-state index is 13.2. The first-order valence-corrected chi connectivity index (χ1v) is 12.5. The maximum Gasteiger partial charge on any atom is 0.252 e. The SMILES string of the molecule is Cc1ccc(C(NC(=O)c2ccc(N3CCCCS3(=O)=O)cc2)c2ccccc2)c(C)c1. The van der Waals surface area contributed by atoms with Gasteiger partial charge in [-0.05, 0) is 67.6 Å². The largest absolute Gasteiger partial charge is 0.341 e. The zero-order chi connectivity index (χ0) is 22.7. The predicted molar refractivity (Wildman–Crippen MR) is 128 cm³/mol. The first-order chi connectivity index (χ1) is 15.3. The van der Waals surface area contributed by atoms with Crippen LogP contribution in [-0.2, 0) is 10.0 Å². The van der Waals surface area contributed by atoms with Crippen molar-refractivity contribution >= 4 is 21.6 Å². The van der Waals surface area contributed by atoms with Crippen LogP contribution in [0.2, 0.25) is 0 Å². The fraction of sp³-hybridized carbons (Fsp3) is 0.269. The highest BCUT2D eigenvalue weighted by molar-refractivity contribution is 7.92. The van der Waals surface area contributed by atoms with Crippen LogP contribution in [0.1, 0.15) is 51.5 Å². The Morgan fingerprint density at radius 2 is 1.66 bits per heavy atom. The number of carbonyl (C=O) groups is 1. The third kappa shape index (κ3) is 4.70. The summed E-state index contributed by atoms with van der Waals surface area (Å²) < 4.78 is 26.2. The number of amides is 1. The Labute approximate surface area is 190 Å². The summed E-state index contributed by atoms with van der Waals surface area (Å²) in [6, 6.07) is 22.7. The van der Waals surface area contributed by atoms with Gasteiger partial charge in [0.25, 0.3) is 5.91 Å². The summed E-state index contributed by atoms with van der Waals surface area (Å²) in [4.78, 5) is 13.2. The number of hydrogen-bond donors (Lipinski definition) is 1. The molecule has 1 amide bonds. The highest BCUT2D eigenvalue weighted by atomic mass is 32.2. The number of sulfonamides is 1. The third-order valence-corrected chi connectivity index (χ3v) is 7.78. The van der Waals surface area contributed by atoms with Crippen molar-refractivity contribution < 1.29 is 13.2 Å². The van der Waals surface area contributed by atoms with Gasteiger partial charge in [0.1, 0.15) is 0 Å². The zero-order valence-electron chi connectivity index (χ0n) is 18.4. The van der Waals surface area contributed by atoms with E-state index in [-0.39, 0.29) is 17.7 Å². The number of hydrogen-bond acceptors (Lipinski definition) is 3. The van der Waals surface area contributed by atoms with Gasteiger partial charge in [-0.1, -0.05) is 54.1 Å². The van der Waals surface area contributed by atoms with Crippen LogP contribution >= 0.6 is 0 Å². The van der Waals surface area contributed by atoms with Crippen molar-refractivity contribution in [3.63, 3.8) is 0 Å². The molecular weight excluding hydrogens is 420 g/mol. The molecule has 1 heterocycles. The minimum atomic E-state index is -3.28. The minimum absolute atomic E-state index is 0.171. The van der Waals surface area contributed by atoms with Crippen molar-refractivity contribution in [2.75, 3.05) is 16.6 Å². The predicted octanol–water partition coefficient (Wildman–Crippen LogP) is 4.75. The van der Waals surface area contributed by atoms with Gasteiger partial charge in [0.15, 0.2) is 0 Å². The molecule has 1 unspecified atom stereocenters. The number of aryl methyl sites for hydroxylation is 2. The fourth-order valence-electron chi connectivity index (χ4n) is 4.21. The lowest BCUT2D eigenvalue weighted by molar-refractivity contribution is 0.0943. The van der Waals surface area contributed by atoms with Crippen molar-refractivity contribution in [1.82, 2.24) is 5.32 Å². The first-order valence-electron chi connectivity index (χ1n) is 10.9. The second-order valence-electron chi connectivity index (χ2n) is 8.32. The Balaban J connectivity index is 1.60. The van der Waals surface area contributed by atoms with E-state index in [4.69, 9.17) is 0 Å². The van der Waals surface area contributed by atoms with Gasteiger partial charge in [0.05, 0.1) is 17.5 Å². The van der Waals surface area contributed by atoms with Crippen molar-refractivity contribution in [3.05, 3.63) is 101 Å². The second kappa shape index (κ2) is 9.17. The van der Waals surface area contributed by atoms with E-state index in [9.17, 15) is 13.2 Å². The molecular formula is C26H28N2O3S. The van der Waals surface area contributed by atoms with Gasteiger partial charge in [-0.3, -0.25) is 9.10 Å². The van der Waals surface area contributed by atoms with Crippen LogP contribution in [-0.4, -0.2) is 26.6 Å². The summed E-state index contributed by atoms with van der Waals surface area (Å²) in [5.41, 5.74) is 5.44.